The number of allylic oxidation sites excluding steroid dienone is 1. The van der Waals surface area contributed by atoms with Gasteiger partial charge in [-0.05, 0) is 74.2 Å². The van der Waals surface area contributed by atoms with Crippen LogP contribution in [-0.4, -0.2) is 12.5 Å². The fourth-order valence-corrected chi connectivity index (χ4v) is 3.78. The summed E-state index contributed by atoms with van der Waals surface area (Å²) in [5.74, 6) is 0.521. The zero-order valence-corrected chi connectivity index (χ0v) is 21.3. The van der Waals surface area contributed by atoms with Gasteiger partial charge in [0.05, 0.1) is 18.2 Å². The molecule has 6 nitrogen and oxygen atoms in total. The second-order valence-electron chi connectivity index (χ2n) is 8.43. The molecule has 0 bridgehead atoms. The van der Waals surface area contributed by atoms with Crippen LogP contribution in [-0.2, 0) is 17.8 Å². The van der Waals surface area contributed by atoms with Gasteiger partial charge in [0.15, 0.2) is 11.5 Å². The van der Waals surface area contributed by atoms with Crippen LogP contribution < -0.4 is 14.8 Å². The lowest BCUT2D eigenvalue weighted by atomic mass is 10.0. The highest BCUT2D eigenvalue weighted by Gasteiger charge is 2.16. The Morgan fingerprint density at radius 3 is 2.54 bits per heavy atom. The Bertz CT molecular complexity index is 1420. The van der Waals surface area contributed by atoms with Crippen molar-refractivity contribution in [2.24, 2.45) is 0 Å². The number of benzene rings is 3. The normalized spacial score (nSPS) is 10.7. The fourth-order valence-electron chi connectivity index (χ4n) is 3.78. The van der Waals surface area contributed by atoms with Gasteiger partial charge in [0.25, 0.3) is 5.91 Å². The third-order valence-corrected chi connectivity index (χ3v) is 5.65. The molecule has 6 heteroatoms. The summed E-state index contributed by atoms with van der Waals surface area (Å²) < 4.78 is 12.0. The van der Waals surface area contributed by atoms with Crippen LogP contribution in [0.25, 0.3) is 6.08 Å². The number of hydrogen-bond donors (Lipinski definition) is 1. The van der Waals surface area contributed by atoms with E-state index in [1.54, 1.807) is 24.3 Å². The van der Waals surface area contributed by atoms with Crippen molar-refractivity contribution < 1.29 is 14.3 Å². The largest absolute Gasteiger partial charge is 0.490 e. The monoisotopic (exact) mass is 491 g/mol. The van der Waals surface area contributed by atoms with Crippen LogP contribution in [0.1, 0.15) is 40.3 Å². The second-order valence-corrected chi connectivity index (χ2v) is 8.43. The minimum absolute atomic E-state index is 0.0375. The summed E-state index contributed by atoms with van der Waals surface area (Å²) >= 11 is 0. The van der Waals surface area contributed by atoms with E-state index in [1.807, 2.05) is 63.2 Å². The molecule has 0 aromatic heterocycles. The molecule has 0 atom stereocenters. The molecule has 0 aliphatic rings. The van der Waals surface area contributed by atoms with Crippen LogP contribution in [0.3, 0.4) is 0 Å². The number of carbonyl (C=O) groups excluding carboxylic acids is 1. The molecular formula is C31H29N3O3. The molecule has 0 spiro atoms. The number of nitriles is 2. The van der Waals surface area contributed by atoms with E-state index in [4.69, 9.17) is 9.47 Å². The zero-order chi connectivity index (χ0) is 26.8. The lowest BCUT2D eigenvalue weighted by Crippen LogP contribution is -2.14. The summed E-state index contributed by atoms with van der Waals surface area (Å²) in [5, 5.41) is 22.0. The number of rotatable bonds is 10. The van der Waals surface area contributed by atoms with Gasteiger partial charge < -0.3 is 14.8 Å². The molecule has 3 aromatic rings. The van der Waals surface area contributed by atoms with Crippen molar-refractivity contribution in [3.05, 3.63) is 106 Å². The summed E-state index contributed by atoms with van der Waals surface area (Å²) in [7, 11) is 0. The van der Waals surface area contributed by atoms with E-state index in [2.05, 4.69) is 18.0 Å². The van der Waals surface area contributed by atoms with Gasteiger partial charge in [-0.3, -0.25) is 4.79 Å². The number of amides is 1. The van der Waals surface area contributed by atoms with Gasteiger partial charge in [0.1, 0.15) is 18.2 Å². The Hall–Kier alpha value is -4.81. The summed E-state index contributed by atoms with van der Waals surface area (Å²) in [5.41, 5.74) is 5.25. The number of nitrogens with one attached hydrogen (secondary N) is 1. The summed E-state index contributed by atoms with van der Waals surface area (Å²) in [6, 6.07) is 20.8. The predicted molar refractivity (Wildman–Crippen MR) is 145 cm³/mol. The number of hydrogen-bond acceptors (Lipinski definition) is 5. The molecule has 0 fully saturated rings. The molecule has 0 unspecified atom stereocenters. The Morgan fingerprint density at radius 2 is 1.84 bits per heavy atom. The third-order valence-electron chi connectivity index (χ3n) is 5.65. The van der Waals surface area contributed by atoms with Crippen LogP contribution in [0.15, 0.2) is 72.8 Å². The Labute approximate surface area is 218 Å². The topological polar surface area (TPSA) is 95.1 Å². The van der Waals surface area contributed by atoms with Crippen molar-refractivity contribution in [2.75, 3.05) is 11.9 Å². The van der Waals surface area contributed by atoms with Crippen LogP contribution >= 0.6 is 0 Å². The third kappa shape index (κ3) is 6.87. The van der Waals surface area contributed by atoms with E-state index >= 15 is 0 Å². The lowest BCUT2D eigenvalue weighted by molar-refractivity contribution is -0.112. The SMILES string of the molecule is C=CCc1cc(/C=C(\C#N)C(=O)Nc2cc(C)ccc2C)cc(OCC)c1OCc1ccccc1C#N. The highest BCUT2D eigenvalue weighted by atomic mass is 16.5. The minimum atomic E-state index is -0.493. The van der Waals surface area contributed by atoms with E-state index in [0.29, 0.717) is 41.3 Å². The molecule has 3 aromatic carbocycles. The molecule has 0 saturated heterocycles. The number of nitrogens with zero attached hydrogens (tertiary/aromatic N) is 2. The average molecular weight is 492 g/mol. The van der Waals surface area contributed by atoms with E-state index < -0.39 is 5.91 Å². The highest BCUT2D eigenvalue weighted by molar-refractivity contribution is 6.10. The maximum atomic E-state index is 12.9. The molecule has 1 N–H and O–H groups in total. The van der Waals surface area contributed by atoms with Crippen molar-refractivity contribution in [2.45, 2.75) is 33.8 Å². The van der Waals surface area contributed by atoms with Gasteiger partial charge in [0, 0.05) is 16.8 Å². The molecule has 0 heterocycles. The van der Waals surface area contributed by atoms with Crippen molar-refractivity contribution in [1.29, 1.82) is 10.5 Å². The molecule has 1 amide bonds. The number of carbonyl (C=O) groups is 1. The van der Waals surface area contributed by atoms with E-state index in [-0.39, 0.29) is 12.2 Å². The molecule has 3 rings (SSSR count). The molecule has 0 radical (unpaired) electrons. The average Bonchev–Trinajstić information content (AvgIpc) is 2.89. The van der Waals surface area contributed by atoms with E-state index in [0.717, 1.165) is 22.3 Å². The Kier molecular flexibility index (Phi) is 9.24. The molecule has 37 heavy (non-hydrogen) atoms. The predicted octanol–water partition coefficient (Wildman–Crippen LogP) is 6.43. The summed E-state index contributed by atoms with van der Waals surface area (Å²) in [6.07, 6.45) is 3.75. The van der Waals surface area contributed by atoms with Gasteiger partial charge in [-0.2, -0.15) is 10.5 Å². The molecule has 0 aliphatic heterocycles. The Morgan fingerprint density at radius 1 is 1.05 bits per heavy atom. The van der Waals surface area contributed by atoms with Crippen LogP contribution in [0.5, 0.6) is 11.5 Å². The van der Waals surface area contributed by atoms with Gasteiger partial charge >= 0.3 is 0 Å². The molecule has 186 valence electrons. The van der Waals surface area contributed by atoms with Gasteiger partial charge in [-0.1, -0.05) is 36.4 Å². The first-order chi connectivity index (χ1) is 17.9. The lowest BCUT2D eigenvalue weighted by Gasteiger charge is -2.17. The second kappa shape index (κ2) is 12.8. The van der Waals surface area contributed by atoms with Crippen molar-refractivity contribution in [3.8, 4) is 23.6 Å². The summed E-state index contributed by atoms with van der Waals surface area (Å²) in [6.45, 7) is 10.1. The van der Waals surface area contributed by atoms with E-state index in [1.165, 1.54) is 6.08 Å². The molecular weight excluding hydrogens is 462 g/mol. The van der Waals surface area contributed by atoms with Crippen molar-refractivity contribution in [3.63, 3.8) is 0 Å². The standard InChI is InChI=1S/C31H29N3O3/c1-5-9-24-15-23(16-27(19-33)31(35)34-28-14-21(3)12-13-22(28)4)17-29(36-6-2)30(24)37-20-26-11-8-7-10-25(26)18-32/h5,7-8,10-17H,1,6,9,20H2,2-4H3,(H,34,35)/b27-16+. The first kappa shape index (κ1) is 26.8. The number of ether oxygens (including phenoxy) is 2. The van der Waals surface area contributed by atoms with Crippen LogP contribution in [0.2, 0.25) is 0 Å². The fraction of sp³-hybridized carbons (Fsp3) is 0.194. The van der Waals surface area contributed by atoms with Gasteiger partial charge in [0.2, 0.25) is 0 Å². The van der Waals surface area contributed by atoms with Gasteiger partial charge in [-0.25, -0.2) is 0 Å². The first-order valence-electron chi connectivity index (χ1n) is 11.9. The Balaban J connectivity index is 1.96. The maximum Gasteiger partial charge on any atom is 0.266 e. The summed E-state index contributed by atoms with van der Waals surface area (Å²) in [4.78, 5) is 12.9. The van der Waals surface area contributed by atoms with Crippen LogP contribution in [0.4, 0.5) is 5.69 Å². The van der Waals surface area contributed by atoms with Gasteiger partial charge in [-0.15, -0.1) is 6.58 Å². The highest BCUT2D eigenvalue weighted by Crippen LogP contribution is 2.35. The first-order valence-corrected chi connectivity index (χ1v) is 11.9. The maximum absolute atomic E-state index is 12.9. The van der Waals surface area contributed by atoms with E-state index in [9.17, 15) is 15.3 Å². The van der Waals surface area contributed by atoms with Crippen molar-refractivity contribution >= 4 is 17.7 Å². The van der Waals surface area contributed by atoms with Crippen molar-refractivity contribution in [1.82, 2.24) is 0 Å². The quantitative estimate of drug-likeness (QED) is 0.200. The number of anilines is 1. The zero-order valence-electron chi connectivity index (χ0n) is 21.3. The smallest absolute Gasteiger partial charge is 0.266 e. The number of aryl methyl sites for hydroxylation is 2. The van der Waals surface area contributed by atoms with Crippen LogP contribution in [0, 0.1) is 36.5 Å². The molecule has 0 saturated carbocycles. The minimum Gasteiger partial charge on any atom is -0.490 e. The molecule has 0 aliphatic carbocycles.